The van der Waals surface area contributed by atoms with Crippen LogP contribution in [-0.4, -0.2) is 25.5 Å². The third kappa shape index (κ3) is 3.81. The van der Waals surface area contributed by atoms with Crippen LogP contribution in [0.5, 0.6) is 11.5 Å². The smallest absolute Gasteiger partial charge is 0.265 e. The van der Waals surface area contributed by atoms with E-state index < -0.39 is 0 Å². The maximum absolute atomic E-state index is 13.6. The molecule has 1 aliphatic heterocycles. The van der Waals surface area contributed by atoms with Crippen LogP contribution in [0.15, 0.2) is 79.4 Å². The minimum Gasteiger partial charge on any atom is -0.493 e. The van der Waals surface area contributed by atoms with Crippen LogP contribution in [0.4, 0.5) is 5.69 Å². The lowest BCUT2D eigenvalue weighted by atomic mass is 9.91. The van der Waals surface area contributed by atoms with Crippen LogP contribution in [0.25, 0.3) is 11.6 Å². The molecule has 0 spiro atoms. The molecule has 0 fully saturated rings. The van der Waals surface area contributed by atoms with Crippen LogP contribution in [0.1, 0.15) is 27.0 Å². The molecule has 1 heterocycles. The summed E-state index contributed by atoms with van der Waals surface area (Å²) in [6.07, 6.45) is 3.43. The number of carbonyl (C=O) groups is 2. The maximum Gasteiger partial charge on any atom is 0.265 e. The van der Waals surface area contributed by atoms with Gasteiger partial charge in [0.05, 0.1) is 12.8 Å². The SMILES string of the molecule is C=CCOc1ccc(/C=C2/C(=O)N(c3ccccc3C)C(=O)c3ccccc32)cc1OC. The molecule has 160 valence electrons. The fourth-order valence-electron chi connectivity index (χ4n) is 3.73. The second-order valence-corrected chi connectivity index (χ2v) is 7.35. The predicted octanol–water partition coefficient (Wildman–Crippen LogP) is 5.30. The number of ether oxygens (including phenoxy) is 2. The molecule has 0 aliphatic carbocycles. The molecule has 0 aromatic heterocycles. The van der Waals surface area contributed by atoms with E-state index in [0.717, 1.165) is 11.1 Å². The molecule has 5 heteroatoms. The van der Waals surface area contributed by atoms with E-state index in [1.165, 1.54) is 4.90 Å². The van der Waals surface area contributed by atoms with E-state index in [0.29, 0.717) is 40.5 Å². The fraction of sp³-hybridized carbons (Fsp3) is 0.111. The van der Waals surface area contributed by atoms with E-state index in [-0.39, 0.29) is 11.8 Å². The number of imide groups is 1. The van der Waals surface area contributed by atoms with Gasteiger partial charge in [-0.25, -0.2) is 4.90 Å². The summed E-state index contributed by atoms with van der Waals surface area (Å²) < 4.78 is 11.1. The van der Waals surface area contributed by atoms with Gasteiger partial charge in [0.2, 0.25) is 0 Å². The summed E-state index contributed by atoms with van der Waals surface area (Å²) in [5.41, 5.74) is 3.71. The zero-order valence-electron chi connectivity index (χ0n) is 18.0. The average molecular weight is 425 g/mol. The van der Waals surface area contributed by atoms with Crippen molar-refractivity contribution in [2.45, 2.75) is 6.92 Å². The van der Waals surface area contributed by atoms with Crippen molar-refractivity contribution in [1.29, 1.82) is 0 Å². The summed E-state index contributed by atoms with van der Waals surface area (Å²) in [6, 6.07) is 20.0. The maximum atomic E-state index is 13.6. The van der Waals surface area contributed by atoms with E-state index in [1.54, 1.807) is 55.7 Å². The lowest BCUT2D eigenvalue weighted by molar-refractivity contribution is -0.112. The fourth-order valence-corrected chi connectivity index (χ4v) is 3.73. The van der Waals surface area contributed by atoms with E-state index in [4.69, 9.17) is 9.47 Å². The first kappa shape index (κ1) is 21.1. The molecule has 0 atom stereocenters. The van der Waals surface area contributed by atoms with Gasteiger partial charge < -0.3 is 9.47 Å². The number of amides is 2. The van der Waals surface area contributed by atoms with Crippen LogP contribution in [0.3, 0.4) is 0 Å². The van der Waals surface area contributed by atoms with Gasteiger partial charge in [0.25, 0.3) is 11.8 Å². The Labute approximate surface area is 187 Å². The summed E-state index contributed by atoms with van der Waals surface area (Å²) >= 11 is 0. The summed E-state index contributed by atoms with van der Waals surface area (Å²) in [5.74, 6) is 0.433. The Morgan fingerprint density at radius 1 is 0.906 bits per heavy atom. The first-order valence-electron chi connectivity index (χ1n) is 10.2. The van der Waals surface area contributed by atoms with E-state index >= 15 is 0 Å². The van der Waals surface area contributed by atoms with Crippen molar-refractivity contribution in [1.82, 2.24) is 0 Å². The Bertz CT molecular complexity index is 1240. The highest BCUT2D eigenvalue weighted by Gasteiger charge is 2.36. The number of hydrogen-bond donors (Lipinski definition) is 0. The van der Waals surface area contributed by atoms with Crippen molar-refractivity contribution in [3.8, 4) is 11.5 Å². The first-order chi connectivity index (χ1) is 15.5. The Kier molecular flexibility index (Phi) is 5.90. The number of anilines is 1. The molecule has 2 amide bonds. The third-order valence-electron chi connectivity index (χ3n) is 5.30. The molecule has 0 radical (unpaired) electrons. The van der Waals surface area contributed by atoms with Crippen molar-refractivity contribution >= 4 is 29.2 Å². The molecule has 32 heavy (non-hydrogen) atoms. The zero-order chi connectivity index (χ0) is 22.7. The largest absolute Gasteiger partial charge is 0.493 e. The normalized spacial score (nSPS) is 14.3. The predicted molar refractivity (Wildman–Crippen MR) is 126 cm³/mol. The highest BCUT2D eigenvalue weighted by molar-refractivity contribution is 6.43. The molecule has 0 N–H and O–H groups in total. The molecule has 0 bridgehead atoms. The van der Waals surface area contributed by atoms with Crippen LogP contribution in [0.2, 0.25) is 0 Å². The van der Waals surface area contributed by atoms with Crippen molar-refractivity contribution in [2.75, 3.05) is 18.6 Å². The van der Waals surface area contributed by atoms with Gasteiger partial charge in [-0.1, -0.05) is 55.1 Å². The molecule has 0 saturated carbocycles. The number of carbonyl (C=O) groups excluding carboxylic acids is 2. The molecule has 3 aromatic rings. The van der Waals surface area contributed by atoms with Crippen molar-refractivity contribution < 1.29 is 19.1 Å². The number of hydrogen-bond acceptors (Lipinski definition) is 4. The Balaban J connectivity index is 1.84. The Morgan fingerprint density at radius 3 is 2.34 bits per heavy atom. The van der Waals surface area contributed by atoms with Gasteiger partial charge in [0.1, 0.15) is 6.61 Å². The van der Waals surface area contributed by atoms with Gasteiger partial charge in [0.15, 0.2) is 11.5 Å². The molecule has 3 aromatic carbocycles. The molecule has 0 unspecified atom stereocenters. The Hall–Kier alpha value is -4.12. The van der Waals surface area contributed by atoms with Gasteiger partial charge in [-0.15, -0.1) is 0 Å². The number of para-hydroxylation sites is 1. The minimum absolute atomic E-state index is 0.331. The molecular weight excluding hydrogens is 402 g/mol. The number of methoxy groups -OCH3 is 1. The number of fused-ring (bicyclic) bond motifs is 1. The first-order valence-corrected chi connectivity index (χ1v) is 10.2. The second kappa shape index (κ2) is 8.94. The van der Waals surface area contributed by atoms with Gasteiger partial charge >= 0.3 is 0 Å². The van der Waals surface area contributed by atoms with Crippen LogP contribution >= 0.6 is 0 Å². The van der Waals surface area contributed by atoms with Crippen LogP contribution in [-0.2, 0) is 4.79 Å². The van der Waals surface area contributed by atoms with E-state index in [2.05, 4.69) is 6.58 Å². The van der Waals surface area contributed by atoms with Gasteiger partial charge in [-0.05, 0) is 54.0 Å². The minimum atomic E-state index is -0.367. The van der Waals surface area contributed by atoms with Gasteiger partial charge in [0, 0.05) is 11.1 Å². The zero-order valence-corrected chi connectivity index (χ0v) is 18.0. The lowest BCUT2D eigenvalue weighted by Gasteiger charge is -2.29. The number of rotatable bonds is 6. The topological polar surface area (TPSA) is 55.8 Å². The summed E-state index contributed by atoms with van der Waals surface area (Å²) in [4.78, 5) is 28.1. The average Bonchev–Trinajstić information content (AvgIpc) is 2.82. The molecule has 5 nitrogen and oxygen atoms in total. The van der Waals surface area contributed by atoms with Crippen LogP contribution < -0.4 is 14.4 Å². The van der Waals surface area contributed by atoms with Crippen molar-refractivity contribution in [3.05, 3.63) is 102 Å². The van der Waals surface area contributed by atoms with Gasteiger partial charge in [-0.3, -0.25) is 9.59 Å². The molecule has 1 aliphatic rings. The van der Waals surface area contributed by atoms with E-state index in [1.807, 2.05) is 37.3 Å². The van der Waals surface area contributed by atoms with Crippen molar-refractivity contribution in [3.63, 3.8) is 0 Å². The number of benzene rings is 3. The number of aryl methyl sites for hydroxylation is 1. The Morgan fingerprint density at radius 2 is 1.62 bits per heavy atom. The van der Waals surface area contributed by atoms with Crippen molar-refractivity contribution in [2.24, 2.45) is 0 Å². The molecule has 4 rings (SSSR count). The quantitative estimate of drug-likeness (QED) is 0.306. The highest BCUT2D eigenvalue weighted by atomic mass is 16.5. The standard InChI is InChI=1S/C27H23NO4/c1-4-15-32-24-14-13-19(17-25(24)31-3)16-22-20-10-6-7-11-21(20)26(29)28(27(22)30)23-12-8-5-9-18(23)2/h4-14,16-17H,1,15H2,2-3H3/b22-16+. The van der Waals surface area contributed by atoms with E-state index in [9.17, 15) is 9.59 Å². The molecular formula is C27H23NO4. The van der Waals surface area contributed by atoms with Gasteiger partial charge in [-0.2, -0.15) is 0 Å². The summed E-state index contributed by atoms with van der Waals surface area (Å²) in [7, 11) is 1.56. The summed E-state index contributed by atoms with van der Waals surface area (Å²) in [5, 5.41) is 0. The summed E-state index contributed by atoms with van der Waals surface area (Å²) in [6.45, 7) is 5.89. The second-order valence-electron chi connectivity index (χ2n) is 7.35. The highest BCUT2D eigenvalue weighted by Crippen LogP contribution is 2.36. The monoisotopic (exact) mass is 425 g/mol. The van der Waals surface area contributed by atoms with Crippen LogP contribution in [0, 0.1) is 6.92 Å². The molecule has 0 saturated heterocycles. The number of nitrogens with zero attached hydrogens (tertiary/aromatic N) is 1. The third-order valence-corrected chi connectivity index (χ3v) is 5.30. The lowest BCUT2D eigenvalue weighted by Crippen LogP contribution is -2.42.